The number of piperazine rings is 1. The zero-order valence-electron chi connectivity index (χ0n) is 15.2. The van der Waals surface area contributed by atoms with Crippen LogP contribution >= 0.6 is 0 Å². The Kier molecular flexibility index (Phi) is 5.85. The zero-order chi connectivity index (χ0) is 17.6. The first-order chi connectivity index (χ1) is 12.2. The lowest BCUT2D eigenvalue weighted by molar-refractivity contribution is 0.126. The lowest BCUT2D eigenvalue weighted by Gasteiger charge is -2.35. The van der Waals surface area contributed by atoms with Crippen molar-refractivity contribution < 1.29 is 0 Å². The summed E-state index contributed by atoms with van der Waals surface area (Å²) in [5.41, 5.74) is 2.45. The van der Waals surface area contributed by atoms with Crippen molar-refractivity contribution in [1.29, 1.82) is 5.26 Å². The van der Waals surface area contributed by atoms with E-state index in [-0.39, 0.29) is 0 Å². The fraction of sp³-hybridized carbons (Fsp3) is 0.500. The molecule has 25 heavy (non-hydrogen) atoms. The van der Waals surface area contributed by atoms with E-state index in [1.807, 2.05) is 24.3 Å². The van der Waals surface area contributed by atoms with Crippen molar-refractivity contribution in [2.45, 2.75) is 13.8 Å². The van der Waals surface area contributed by atoms with Crippen LogP contribution in [0, 0.1) is 17.2 Å². The monoisotopic (exact) mass is 337 g/mol. The molecule has 1 N–H and O–H groups in total. The van der Waals surface area contributed by atoms with E-state index in [9.17, 15) is 5.26 Å². The first-order valence-electron chi connectivity index (χ1n) is 9.17. The van der Waals surface area contributed by atoms with E-state index in [1.165, 1.54) is 13.1 Å². The van der Waals surface area contributed by atoms with Gasteiger partial charge in [0, 0.05) is 50.9 Å². The SMILES string of the molecule is CCN1CCN(CC(C)CNc2c(C#N)cnc3ccccc23)CC1. The smallest absolute Gasteiger partial charge is 0.103 e. The maximum Gasteiger partial charge on any atom is 0.103 e. The molecule has 1 aromatic carbocycles. The highest BCUT2D eigenvalue weighted by molar-refractivity contribution is 5.93. The van der Waals surface area contributed by atoms with Gasteiger partial charge in [0.1, 0.15) is 6.07 Å². The minimum absolute atomic E-state index is 0.520. The molecule has 1 unspecified atom stereocenters. The van der Waals surface area contributed by atoms with Crippen LogP contribution in [0.15, 0.2) is 30.5 Å². The van der Waals surface area contributed by atoms with Crippen molar-refractivity contribution in [1.82, 2.24) is 14.8 Å². The first kappa shape index (κ1) is 17.7. The van der Waals surface area contributed by atoms with Crippen LogP contribution in [0.5, 0.6) is 0 Å². The van der Waals surface area contributed by atoms with E-state index in [2.05, 4.69) is 40.0 Å². The summed E-state index contributed by atoms with van der Waals surface area (Å²) < 4.78 is 0. The number of para-hydroxylation sites is 1. The summed E-state index contributed by atoms with van der Waals surface area (Å²) in [5, 5.41) is 13.9. The van der Waals surface area contributed by atoms with Gasteiger partial charge in [0.25, 0.3) is 0 Å². The Morgan fingerprint density at radius 1 is 1.20 bits per heavy atom. The Hall–Kier alpha value is -2.16. The van der Waals surface area contributed by atoms with E-state index in [1.54, 1.807) is 6.20 Å². The number of nitrogens with one attached hydrogen (secondary N) is 1. The molecule has 0 spiro atoms. The highest BCUT2D eigenvalue weighted by Crippen LogP contribution is 2.25. The van der Waals surface area contributed by atoms with Gasteiger partial charge >= 0.3 is 0 Å². The van der Waals surface area contributed by atoms with Crippen LogP contribution < -0.4 is 5.32 Å². The number of anilines is 1. The highest BCUT2D eigenvalue weighted by Gasteiger charge is 2.17. The summed E-state index contributed by atoms with van der Waals surface area (Å²) in [7, 11) is 0. The number of pyridine rings is 1. The van der Waals surface area contributed by atoms with Crippen molar-refractivity contribution >= 4 is 16.6 Å². The van der Waals surface area contributed by atoms with Crippen LogP contribution in [0.1, 0.15) is 19.4 Å². The predicted molar refractivity (Wildman–Crippen MR) is 103 cm³/mol. The Morgan fingerprint density at radius 2 is 1.92 bits per heavy atom. The number of fused-ring (bicyclic) bond motifs is 1. The Bertz CT molecular complexity index is 743. The van der Waals surface area contributed by atoms with E-state index in [0.29, 0.717) is 11.5 Å². The first-order valence-corrected chi connectivity index (χ1v) is 9.17. The Balaban J connectivity index is 1.62. The molecule has 0 radical (unpaired) electrons. The maximum absolute atomic E-state index is 9.41. The molecule has 0 bridgehead atoms. The number of nitriles is 1. The second-order valence-electron chi connectivity index (χ2n) is 6.90. The van der Waals surface area contributed by atoms with Crippen molar-refractivity contribution in [2.75, 3.05) is 51.1 Å². The molecule has 0 amide bonds. The average molecular weight is 337 g/mol. The fourth-order valence-electron chi connectivity index (χ4n) is 3.49. The summed E-state index contributed by atoms with van der Waals surface area (Å²) in [6, 6.07) is 10.2. The van der Waals surface area contributed by atoms with E-state index in [4.69, 9.17) is 0 Å². The number of likely N-dealkylation sites (N-methyl/N-ethyl adjacent to an activating group) is 1. The molecule has 132 valence electrons. The number of aromatic nitrogens is 1. The van der Waals surface area contributed by atoms with Crippen LogP contribution in [-0.2, 0) is 0 Å². The van der Waals surface area contributed by atoms with Crippen LogP contribution in [0.25, 0.3) is 10.9 Å². The summed E-state index contributed by atoms with van der Waals surface area (Å²) in [5.74, 6) is 0.520. The van der Waals surface area contributed by atoms with Crippen LogP contribution in [0.2, 0.25) is 0 Å². The standard InChI is InChI=1S/C20H27N5/c1-3-24-8-10-25(11-9-24)15-16(2)13-23-20-17(12-21)14-22-19-7-5-4-6-18(19)20/h4-7,14,16H,3,8-11,13,15H2,1-2H3,(H,22,23). The van der Waals surface area contributed by atoms with Gasteiger partial charge in [0.15, 0.2) is 0 Å². The molecule has 1 saturated heterocycles. The highest BCUT2D eigenvalue weighted by atomic mass is 15.3. The third-order valence-electron chi connectivity index (χ3n) is 5.01. The molecule has 0 saturated carbocycles. The van der Waals surface area contributed by atoms with Gasteiger partial charge in [-0.25, -0.2) is 0 Å². The molecule has 1 aliphatic rings. The predicted octanol–water partition coefficient (Wildman–Crippen LogP) is 2.79. The molecule has 1 atom stereocenters. The van der Waals surface area contributed by atoms with Crippen molar-refractivity contribution in [2.24, 2.45) is 5.92 Å². The molecule has 3 rings (SSSR count). The van der Waals surface area contributed by atoms with Gasteiger partial charge in [-0.15, -0.1) is 0 Å². The molecule has 5 nitrogen and oxygen atoms in total. The summed E-state index contributed by atoms with van der Waals surface area (Å²) in [6.45, 7) is 12.2. The van der Waals surface area contributed by atoms with Gasteiger partial charge in [-0.3, -0.25) is 4.98 Å². The minimum Gasteiger partial charge on any atom is -0.383 e. The molecule has 2 aromatic rings. The van der Waals surface area contributed by atoms with Gasteiger partial charge < -0.3 is 15.1 Å². The minimum atomic E-state index is 0.520. The van der Waals surface area contributed by atoms with Gasteiger partial charge in [-0.05, 0) is 18.5 Å². The van der Waals surface area contributed by atoms with Gasteiger partial charge in [0.2, 0.25) is 0 Å². The van der Waals surface area contributed by atoms with Crippen LogP contribution in [0.4, 0.5) is 5.69 Å². The number of hydrogen-bond acceptors (Lipinski definition) is 5. The lowest BCUT2D eigenvalue weighted by Crippen LogP contribution is -2.47. The zero-order valence-corrected chi connectivity index (χ0v) is 15.2. The summed E-state index contributed by atoms with van der Waals surface area (Å²) in [4.78, 5) is 9.42. The topological polar surface area (TPSA) is 55.2 Å². The van der Waals surface area contributed by atoms with Gasteiger partial charge in [-0.1, -0.05) is 32.0 Å². The lowest BCUT2D eigenvalue weighted by atomic mass is 10.1. The normalized spacial score (nSPS) is 17.3. The number of hydrogen-bond donors (Lipinski definition) is 1. The van der Waals surface area contributed by atoms with Crippen LogP contribution in [-0.4, -0.2) is 60.6 Å². The molecule has 2 heterocycles. The van der Waals surface area contributed by atoms with Gasteiger partial charge in [0.05, 0.1) is 16.8 Å². The summed E-state index contributed by atoms with van der Waals surface area (Å²) in [6.07, 6.45) is 1.67. The molecule has 5 heteroatoms. The van der Waals surface area contributed by atoms with Crippen molar-refractivity contribution in [3.63, 3.8) is 0 Å². The Morgan fingerprint density at radius 3 is 2.64 bits per heavy atom. The second-order valence-corrected chi connectivity index (χ2v) is 6.90. The third-order valence-corrected chi connectivity index (χ3v) is 5.01. The molecule has 1 aliphatic heterocycles. The number of rotatable bonds is 6. The second kappa shape index (κ2) is 8.28. The molecule has 1 aromatic heterocycles. The van der Waals surface area contributed by atoms with Crippen molar-refractivity contribution in [3.05, 3.63) is 36.0 Å². The largest absolute Gasteiger partial charge is 0.383 e. The fourth-order valence-corrected chi connectivity index (χ4v) is 3.49. The Labute approximate surface area is 150 Å². The van der Waals surface area contributed by atoms with E-state index < -0.39 is 0 Å². The molecular weight excluding hydrogens is 310 g/mol. The number of nitrogens with zero attached hydrogens (tertiary/aromatic N) is 4. The summed E-state index contributed by atoms with van der Waals surface area (Å²) >= 11 is 0. The molecule has 0 aliphatic carbocycles. The third kappa shape index (κ3) is 4.28. The number of benzene rings is 1. The molecule has 1 fully saturated rings. The van der Waals surface area contributed by atoms with Gasteiger partial charge in [-0.2, -0.15) is 5.26 Å². The quantitative estimate of drug-likeness (QED) is 0.878. The van der Waals surface area contributed by atoms with Crippen LogP contribution in [0.3, 0.4) is 0 Å². The van der Waals surface area contributed by atoms with E-state index in [0.717, 1.165) is 49.3 Å². The maximum atomic E-state index is 9.41. The van der Waals surface area contributed by atoms with E-state index >= 15 is 0 Å². The average Bonchev–Trinajstić information content (AvgIpc) is 2.66. The molecular formula is C20H27N5. The van der Waals surface area contributed by atoms with Crippen molar-refractivity contribution in [3.8, 4) is 6.07 Å².